The van der Waals surface area contributed by atoms with E-state index in [9.17, 15) is 4.79 Å². The Balaban J connectivity index is 1.55. The Kier molecular flexibility index (Phi) is 6.27. The van der Waals surface area contributed by atoms with Crippen LogP contribution in [0.4, 0.5) is 0 Å². The third kappa shape index (κ3) is 4.98. The number of aromatic nitrogens is 1. The number of esters is 1. The van der Waals surface area contributed by atoms with Crippen molar-refractivity contribution in [2.24, 2.45) is 4.99 Å². The fourth-order valence-electron chi connectivity index (χ4n) is 4.04. The molecule has 3 aromatic carbocycles. The summed E-state index contributed by atoms with van der Waals surface area (Å²) in [6, 6.07) is 24.5. The van der Waals surface area contributed by atoms with Crippen LogP contribution in [0, 0.1) is 13.8 Å². The van der Waals surface area contributed by atoms with Gasteiger partial charge in [0.1, 0.15) is 5.03 Å². The molecule has 180 valence electrons. The molecule has 4 aromatic rings. The van der Waals surface area contributed by atoms with E-state index in [0.29, 0.717) is 5.90 Å². The first kappa shape index (κ1) is 24.0. The van der Waals surface area contributed by atoms with E-state index in [1.165, 1.54) is 11.1 Å². The van der Waals surface area contributed by atoms with E-state index < -0.39 is 5.97 Å². The van der Waals surface area contributed by atoms with Crippen molar-refractivity contribution in [1.82, 2.24) is 4.98 Å². The minimum atomic E-state index is -0.458. The third-order valence-corrected chi connectivity index (χ3v) is 7.21. The normalized spacial score (nSPS) is 14.9. The highest BCUT2D eigenvalue weighted by molar-refractivity contribution is 7.99. The Morgan fingerprint density at radius 1 is 0.917 bits per heavy atom. The fraction of sp³-hybridized carbons (Fsp3) is 0.194. The Labute approximate surface area is 216 Å². The Morgan fingerprint density at radius 3 is 2.33 bits per heavy atom. The first-order valence-corrected chi connectivity index (χ1v) is 12.8. The summed E-state index contributed by atoms with van der Waals surface area (Å²) in [5, 5.41) is 1.84. The number of nitrogens with zero attached hydrogens (tertiary/aromatic N) is 2. The summed E-state index contributed by atoms with van der Waals surface area (Å²) in [4.78, 5) is 23.4. The minimum absolute atomic E-state index is 0.0463. The molecule has 0 saturated heterocycles. The smallest absolute Gasteiger partial charge is 0.363 e. The highest BCUT2D eigenvalue weighted by Crippen LogP contribution is 2.34. The van der Waals surface area contributed by atoms with Gasteiger partial charge in [-0.15, -0.1) is 0 Å². The molecule has 0 radical (unpaired) electrons. The number of carbonyl (C=O) groups excluding carboxylic acids is 1. The van der Waals surface area contributed by atoms with Crippen LogP contribution < -0.4 is 0 Å². The largest absolute Gasteiger partial charge is 0.402 e. The Bertz CT molecular complexity index is 1530. The number of hydrogen-bond acceptors (Lipinski definition) is 5. The summed E-state index contributed by atoms with van der Waals surface area (Å²) in [5.74, 6) is -0.135. The fourth-order valence-corrected chi connectivity index (χ4v) is 4.91. The molecule has 36 heavy (non-hydrogen) atoms. The first-order valence-electron chi connectivity index (χ1n) is 12.0. The molecular weight excluding hydrogens is 464 g/mol. The van der Waals surface area contributed by atoms with Crippen molar-refractivity contribution in [2.45, 2.75) is 50.0 Å². The van der Waals surface area contributed by atoms with Crippen molar-refractivity contribution < 1.29 is 9.53 Å². The van der Waals surface area contributed by atoms with Crippen molar-refractivity contribution >= 4 is 40.6 Å². The van der Waals surface area contributed by atoms with E-state index in [-0.39, 0.29) is 11.1 Å². The molecule has 2 heterocycles. The van der Waals surface area contributed by atoms with Gasteiger partial charge in [0.25, 0.3) is 0 Å². The minimum Gasteiger partial charge on any atom is -0.402 e. The quantitative estimate of drug-likeness (QED) is 0.217. The van der Waals surface area contributed by atoms with Gasteiger partial charge in [0, 0.05) is 21.4 Å². The first-order chi connectivity index (χ1) is 17.2. The van der Waals surface area contributed by atoms with Crippen molar-refractivity contribution in [3.05, 3.63) is 106 Å². The van der Waals surface area contributed by atoms with E-state index in [1.807, 2.05) is 24.3 Å². The van der Waals surface area contributed by atoms with Gasteiger partial charge < -0.3 is 4.74 Å². The van der Waals surface area contributed by atoms with Gasteiger partial charge in [-0.2, -0.15) is 0 Å². The molecule has 0 spiro atoms. The SMILES string of the molecule is Cc1ccc(Sc2nc3c(C)cccc3cc2/C=C2/N=C(c3ccc(C(C)(C)C)cc3)OC2=O)cc1. The highest BCUT2D eigenvalue weighted by Gasteiger charge is 2.25. The number of carbonyl (C=O) groups is 1. The van der Waals surface area contributed by atoms with E-state index in [1.54, 1.807) is 17.8 Å². The second-order valence-electron chi connectivity index (χ2n) is 10.1. The summed E-state index contributed by atoms with van der Waals surface area (Å²) in [6.45, 7) is 10.6. The van der Waals surface area contributed by atoms with Crippen LogP contribution in [-0.4, -0.2) is 16.9 Å². The van der Waals surface area contributed by atoms with Crippen LogP contribution in [0.2, 0.25) is 0 Å². The zero-order valence-electron chi connectivity index (χ0n) is 21.1. The molecule has 0 saturated carbocycles. The molecule has 0 aliphatic carbocycles. The van der Waals surface area contributed by atoms with Crippen LogP contribution in [0.1, 0.15) is 48.6 Å². The van der Waals surface area contributed by atoms with Gasteiger partial charge in [-0.1, -0.05) is 80.6 Å². The highest BCUT2D eigenvalue weighted by atomic mass is 32.2. The number of pyridine rings is 1. The predicted octanol–water partition coefficient (Wildman–Crippen LogP) is 7.64. The zero-order valence-corrected chi connectivity index (χ0v) is 21.9. The molecule has 0 unspecified atom stereocenters. The average molecular weight is 493 g/mol. The van der Waals surface area contributed by atoms with Crippen molar-refractivity contribution in [2.75, 3.05) is 0 Å². The molecule has 0 fully saturated rings. The number of aryl methyl sites for hydroxylation is 2. The van der Waals surface area contributed by atoms with Crippen LogP contribution >= 0.6 is 11.8 Å². The van der Waals surface area contributed by atoms with Crippen LogP contribution in [0.25, 0.3) is 17.0 Å². The third-order valence-electron chi connectivity index (χ3n) is 6.19. The van der Waals surface area contributed by atoms with Gasteiger partial charge in [0.2, 0.25) is 5.90 Å². The van der Waals surface area contributed by atoms with Gasteiger partial charge in [-0.25, -0.2) is 14.8 Å². The van der Waals surface area contributed by atoms with Gasteiger partial charge in [0.05, 0.1) is 5.52 Å². The maximum absolute atomic E-state index is 12.8. The Hall–Kier alpha value is -3.70. The number of hydrogen-bond donors (Lipinski definition) is 0. The molecule has 0 amide bonds. The lowest BCUT2D eigenvalue weighted by Gasteiger charge is -2.18. The molecular formula is C31H28N2O2S. The van der Waals surface area contributed by atoms with Crippen LogP contribution in [0.15, 0.2) is 93.4 Å². The standard InChI is InChI=1S/C31H28N2O2S/c1-19-9-15-25(16-10-19)36-29-23(17-22-8-6-7-20(2)27(22)33-29)18-26-30(34)35-28(32-26)21-11-13-24(14-12-21)31(3,4)5/h6-18H,1-5H3/b26-18+. The molecule has 1 aromatic heterocycles. The summed E-state index contributed by atoms with van der Waals surface area (Å²) >= 11 is 1.58. The van der Waals surface area contributed by atoms with Crippen molar-refractivity contribution in [1.29, 1.82) is 0 Å². The van der Waals surface area contributed by atoms with Crippen molar-refractivity contribution in [3.8, 4) is 0 Å². The van der Waals surface area contributed by atoms with Crippen molar-refractivity contribution in [3.63, 3.8) is 0 Å². The lowest BCUT2D eigenvalue weighted by molar-refractivity contribution is -0.129. The average Bonchev–Trinajstić information content (AvgIpc) is 3.21. The molecule has 1 aliphatic heterocycles. The summed E-state index contributed by atoms with van der Waals surface area (Å²) in [6.07, 6.45) is 1.78. The second kappa shape index (κ2) is 9.40. The second-order valence-corrected chi connectivity index (χ2v) is 11.2. The van der Waals surface area contributed by atoms with Crippen LogP contribution in [-0.2, 0) is 14.9 Å². The molecule has 0 atom stereocenters. The van der Waals surface area contributed by atoms with E-state index in [2.05, 4.69) is 88.1 Å². The molecule has 5 rings (SSSR count). The van der Waals surface area contributed by atoms with E-state index in [0.717, 1.165) is 37.5 Å². The number of rotatable bonds is 4. The molecule has 1 aliphatic rings. The lowest BCUT2D eigenvalue weighted by Crippen LogP contribution is -2.11. The summed E-state index contributed by atoms with van der Waals surface area (Å²) in [5.41, 5.74) is 6.40. The number of ether oxygens (including phenoxy) is 1. The van der Waals surface area contributed by atoms with Gasteiger partial charge in [-0.05, 0) is 66.8 Å². The number of fused-ring (bicyclic) bond motifs is 1. The maximum atomic E-state index is 12.8. The molecule has 4 nitrogen and oxygen atoms in total. The molecule has 5 heteroatoms. The number of para-hydroxylation sites is 1. The number of cyclic esters (lactones) is 1. The van der Waals surface area contributed by atoms with Crippen LogP contribution in [0.5, 0.6) is 0 Å². The Morgan fingerprint density at radius 2 is 1.64 bits per heavy atom. The topological polar surface area (TPSA) is 51.6 Å². The predicted molar refractivity (Wildman–Crippen MR) is 148 cm³/mol. The number of benzene rings is 3. The zero-order chi connectivity index (χ0) is 25.4. The van der Waals surface area contributed by atoms with E-state index >= 15 is 0 Å². The maximum Gasteiger partial charge on any atom is 0.363 e. The lowest BCUT2D eigenvalue weighted by atomic mass is 9.87. The summed E-state index contributed by atoms with van der Waals surface area (Å²) in [7, 11) is 0. The molecule has 0 bridgehead atoms. The monoisotopic (exact) mass is 492 g/mol. The number of aliphatic imine (C=N–C) groups is 1. The van der Waals surface area contributed by atoms with E-state index in [4.69, 9.17) is 9.72 Å². The van der Waals surface area contributed by atoms with Gasteiger partial charge >= 0.3 is 5.97 Å². The van der Waals surface area contributed by atoms with Crippen LogP contribution in [0.3, 0.4) is 0 Å². The summed E-state index contributed by atoms with van der Waals surface area (Å²) < 4.78 is 5.55. The molecule has 0 N–H and O–H groups in total. The van der Waals surface area contributed by atoms with Gasteiger partial charge in [0.15, 0.2) is 5.70 Å². The van der Waals surface area contributed by atoms with Gasteiger partial charge in [-0.3, -0.25) is 0 Å².